The van der Waals surface area contributed by atoms with Crippen LogP contribution in [0, 0.1) is 5.92 Å². The fraction of sp³-hybridized carbons (Fsp3) is 0.731. The lowest BCUT2D eigenvalue weighted by atomic mass is 9.71. The van der Waals surface area contributed by atoms with Crippen LogP contribution in [0.4, 0.5) is 0 Å². The van der Waals surface area contributed by atoms with Crippen molar-refractivity contribution in [3.8, 4) is 0 Å². The molecule has 1 aliphatic carbocycles. The van der Waals surface area contributed by atoms with Crippen molar-refractivity contribution in [2.24, 2.45) is 5.92 Å². The SMILES string of the molecule is CS(=O)(=O)N1CCN(C2CN(CCC3(c4ccc(Cl)c(Cl)c4)CCCN(C(=O)CC4CC4)C3)C2)CC1. The molecule has 0 aromatic heterocycles. The number of rotatable bonds is 8. The predicted octanol–water partition coefficient (Wildman–Crippen LogP) is 3.31. The Kier molecular flexibility index (Phi) is 7.93. The van der Waals surface area contributed by atoms with Gasteiger partial charge < -0.3 is 9.80 Å². The second-order valence-electron chi connectivity index (χ2n) is 11.3. The highest BCUT2D eigenvalue weighted by Gasteiger charge is 2.41. The van der Waals surface area contributed by atoms with E-state index in [-0.39, 0.29) is 5.41 Å². The summed E-state index contributed by atoms with van der Waals surface area (Å²) in [5, 5.41) is 1.14. The Morgan fingerprint density at radius 2 is 1.78 bits per heavy atom. The van der Waals surface area contributed by atoms with E-state index in [1.807, 2.05) is 12.1 Å². The van der Waals surface area contributed by atoms with Crippen LogP contribution >= 0.6 is 23.2 Å². The van der Waals surface area contributed by atoms with E-state index in [9.17, 15) is 13.2 Å². The van der Waals surface area contributed by atoms with E-state index in [0.29, 0.717) is 47.4 Å². The molecule has 200 valence electrons. The van der Waals surface area contributed by atoms with Gasteiger partial charge in [0.2, 0.25) is 15.9 Å². The lowest BCUT2D eigenvalue weighted by Gasteiger charge is -2.50. The largest absolute Gasteiger partial charge is 0.342 e. The molecule has 1 aromatic rings. The van der Waals surface area contributed by atoms with E-state index < -0.39 is 10.0 Å². The number of nitrogens with zero attached hydrogens (tertiary/aromatic N) is 4. The van der Waals surface area contributed by atoms with Crippen LogP contribution in [-0.2, 0) is 20.2 Å². The van der Waals surface area contributed by atoms with E-state index in [2.05, 4.69) is 20.8 Å². The zero-order valence-electron chi connectivity index (χ0n) is 21.2. The van der Waals surface area contributed by atoms with E-state index >= 15 is 0 Å². The molecular formula is C26H38Cl2N4O3S. The summed E-state index contributed by atoms with van der Waals surface area (Å²) in [4.78, 5) is 20.1. The van der Waals surface area contributed by atoms with Gasteiger partial charge in [-0.1, -0.05) is 29.3 Å². The average molecular weight is 558 g/mol. The molecule has 1 unspecified atom stereocenters. The van der Waals surface area contributed by atoms with Crippen molar-refractivity contribution in [1.82, 2.24) is 19.0 Å². The van der Waals surface area contributed by atoms with Crippen molar-refractivity contribution in [3.05, 3.63) is 33.8 Å². The van der Waals surface area contributed by atoms with Crippen molar-refractivity contribution in [1.29, 1.82) is 0 Å². The zero-order valence-corrected chi connectivity index (χ0v) is 23.5. The third kappa shape index (κ3) is 6.05. The van der Waals surface area contributed by atoms with Crippen molar-refractivity contribution in [2.45, 2.75) is 50.0 Å². The summed E-state index contributed by atoms with van der Waals surface area (Å²) in [6.45, 7) is 7.38. The zero-order chi connectivity index (χ0) is 25.5. The summed E-state index contributed by atoms with van der Waals surface area (Å²) in [6, 6.07) is 6.50. The second-order valence-corrected chi connectivity index (χ2v) is 14.1. The number of likely N-dealkylation sites (tertiary alicyclic amines) is 2. The van der Waals surface area contributed by atoms with Crippen LogP contribution in [0.1, 0.15) is 44.1 Å². The summed E-state index contributed by atoms with van der Waals surface area (Å²) in [5.41, 5.74) is 1.08. The molecule has 10 heteroatoms. The van der Waals surface area contributed by atoms with Gasteiger partial charge in [0, 0.05) is 70.2 Å². The third-order valence-electron chi connectivity index (χ3n) is 8.72. The number of hydrogen-bond donors (Lipinski definition) is 0. The Morgan fingerprint density at radius 1 is 1.06 bits per heavy atom. The minimum Gasteiger partial charge on any atom is -0.342 e. The molecule has 3 saturated heterocycles. The van der Waals surface area contributed by atoms with Gasteiger partial charge in [0.05, 0.1) is 16.3 Å². The summed E-state index contributed by atoms with van der Waals surface area (Å²) in [5.74, 6) is 0.898. The van der Waals surface area contributed by atoms with Crippen LogP contribution in [0.2, 0.25) is 10.0 Å². The molecule has 0 bridgehead atoms. The number of piperidine rings is 1. The van der Waals surface area contributed by atoms with Gasteiger partial charge in [0.15, 0.2) is 0 Å². The number of amides is 1. The van der Waals surface area contributed by atoms with Gasteiger partial charge in [-0.3, -0.25) is 9.69 Å². The molecule has 5 rings (SSSR count). The summed E-state index contributed by atoms with van der Waals surface area (Å²) in [7, 11) is -3.10. The Labute approximate surface area is 225 Å². The van der Waals surface area contributed by atoms with Gasteiger partial charge in [0.25, 0.3) is 0 Å². The molecule has 0 spiro atoms. The molecule has 3 aliphatic heterocycles. The average Bonchev–Trinajstić information content (AvgIpc) is 3.63. The Morgan fingerprint density at radius 3 is 2.42 bits per heavy atom. The molecule has 4 aliphatic rings. The van der Waals surface area contributed by atoms with Crippen LogP contribution in [0.5, 0.6) is 0 Å². The molecule has 0 radical (unpaired) electrons. The number of carbonyl (C=O) groups is 1. The summed E-state index contributed by atoms with van der Waals surface area (Å²) >= 11 is 12.7. The number of sulfonamides is 1. The smallest absolute Gasteiger partial charge is 0.222 e. The minimum absolute atomic E-state index is 0.113. The molecule has 0 N–H and O–H groups in total. The summed E-state index contributed by atoms with van der Waals surface area (Å²) in [6.07, 6.45) is 7.40. The maximum atomic E-state index is 13.0. The Hall–Kier alpha value is -0.900. The van der Waals surface area contributed by atoms with Gasteiger partial charge in [-0.2, -0.15) is 4.31 Å². The maximum Gasteiger partial charge on any atom is 0.222 e. The lowest BCUT2D eigenvalue weighted by molar-refractivity contribution is -0.134. The molecule has 1 aromatic carbocycles. The van der Waals surface area contributed by atoms with Gasteiger partial charge in [-0.15, -0.1) is 0 Å². The Balaban J connectivity index is 1.21. The van der Waals surface area contributed by atoms with Gasteiger partial charge >= 0.3 is 0 Å². The van der Waals surface area contributed by atoms with Crippen molar-refractivity contribution in [3.63, 3.8) is 0 Å². The molecule has 1 amide bonds. The topological polar surface area (TPSA) is 64.2 Å². The highest BCUT2D eigenvalue weighted by atomic mass is 35.5. The summed E-state index contributed by atoms with van der Waals surface area (Å²) < 4.78 is 25.2. The fourth-order valence-corrected chi connectivity index (χ4v) is 7.31. The van der Waals surface area contributed by atoms with Gasteiger partial charge in [0.1, 0.15) is 0 Å². The van der Waals surface area contributed by atoms with E-state index in [1.165, 1.54) is 24.7 Å². The van der Waals surface area contributed by atoms with Crippen molar-refractivity contribution < 1.29 is 13.2 Å². The number of hydrogen-bond acceptors (Lipinski definition) is 5. The van der Waals surface area contributed by atoms with Gasteiger partial charge in [-0.25, -0.2) is 8.42 Å². The van der Waals surface area contributed by atoms with Crippen molar-refractivity contribution in [2.75, 3.05) is 65.2 Å². The minimum atomic E-state index is -3.10. The molecule has 1 atom stereocenters. The van der Waals surface area contributed by atoms with Gasteiger partial charge in [-0.05, 0) is 62.3 Å². The molecule has 1 saturated carbocycles. The molecule has 3 heterocycles. The standard InChI is InChI=1S/C26H38Cl2N4O3S/c1-36(34,35)32-13-11-30(12-14-32)22-17-29(18-22)10-8-26(21-5-6-23(27)24(28)16-21)7-2-9-31(19-26)25(33)15-20-3-4-20/h5-6,16,20,22H,2-4,7-15,17-19H2,1H3. The highest BCUT2D eigenvalue weighted by Crippen LogP contribution is 2.41. The Bertz CT molecular complexity index is 1070. The highest BCUT2D eigenvalue weighted by molar-refractivity contribution is 7.88. The number of carbonyl (C=O) groups excluding carboxylic acids is 1. The van der Waals surface area contributed by atoms with Crippen LogP contribution in [-0.4, -0.2) is 105 Å². The molecule has 7 nitrogen and oxygen atoms in total. The van der Waals surface area contributed by atoms with Crippen molar-refractivity contribution >= 4 is 39.1 Å². The first-order chi connectivity index (χ1) is 17.1. The first-order valence-electron chi connectivity index (χ1n) is 13.3. The lowest BCUT2D eigenvalue weighted by Crippen LogP contribution is -2.63. The van der Waals surface area contributed by atoms with Crippen LogP contribution in [0.3, 0.4) is 0 Å². The molecular weight excluding hydrogens is 519 g/mol. The van der Waals surface area contributed by atoms with E-state index in [4.69, 9.17) is 23.2 Å². The molecule has 4 fully saturated rings. The van der Waals surface area contributed by atoms with Crippen LogP contribution in [0.15, 0.2) is 18.2 Å². The number of benzene rings is 1. The first-order valence-corrected chi connectivity index (χ1v) is 15.9. The predicted molar refractivity (Wildman–Crippen MR) is 144 cm³/mol. The second kappa shape index (κ2) is 10.7. The molecule has 36 heavy (non-hydrogen) atoms. The van der Waals surface area contributed by atoms with Crippen LogP contribution < -0.4 is 0 Å². The van der Waals surface area contributed by atoms with E-state index in [0.717, 1.165) is 65.1 Å². The third-order valence-corrected chi connectivity index (χ3v) is 10.8. The maximum absolute atomic E-state index is 13.0. The monoisotopic (exact) mass is 556 g/mol. The normalized spacial score (nSPS) is 27.2. The number of piperazine rings is 1. The van der Waals surface area contributed by atoms with E-state index in [1.54, 1.807) is 4.31 Å². The first kappa shape index (κ1) is 26.7. The fourth-order valence-electron chi connectivity index (χ4n) is 6.18. The van der Waals surface area contributed by atoms with Crippen LogP contribution in [0.25, 0.3) is 0 Å². The number of halogens is 2. The quantitative estimate of drug-likeness (QED) is 0.491.